The van der Waals surface area contributed by atoms with Gasteiger partial charge in [-0.2, -0.15) is 4.31 Å². The summed E-state index contributed by atoms with van der Waals surface area (Å²) in [6, 6.07) is 21.7. The molecule has 0 amide bonds. The third-order valence-corrected chi connectivity index (χ3v) is 7.87. The van der Waals surface area contributed by atoms with E-state index in [-0.39, 0.29) is 10.7 Å². The smallest absolute Gasteiger partial charge is 0.243 e. The Balaban J connectivity index is 1.38. The number of carbonyl (C=O) groups excluding carboxylic acids is 1. The minimum Gasteiger partial charge on any atom is -0.493 e. The summed E-state index contributed by atoms with van der Waals surface area (Å²) in [6.07, 6.45) is 3.37. The molecule has 8 heteroatoms. The number of anilines is 1. The molecule has 0 N–H and O–H groups in total. The topological polar surface area (TPSA) is 76.2 Å². The van der Waals surface area contributed by atoms with Gasteiger partial charge in [-0.05, 0) is 48.0 Å². The molecule has 4 rings (SSSR count). The number of methoxy groups -OCH3 is 2. The van der Waals surface area contributed by atoms with Gasteiger partial charge in [-0.25, -0.2) is 8.42 Å². The summed E-state index contributed by atoms with van der Waals surface area (Å²) in [7, 11) is -0.667. The van der Waals surface area contributed by atoms with Crippen LogP contribution in [0, 0.1) is 0 Å². The standard InChI is InChI=1S/C27H28N2O5S/c1-33-26-15-13-24(20-27(26)34-2)35(31,32)29-18-16-28(17-19-29)23-11-9-22(10-12-23)25(30)14-8-21-6-4-3-5-7-21/h3-15,20H,16-19H2,1-2H3/b14-8+. The van der Waals surface area contributed by atoms with Crippen LogP contribution in [0.4, 0.5) is 5.69 Å². The molecule has 0 unspecified atom stereocenters. The molecule has 3 aromatic carbocycles. The Kier molecular flexibility index (Phi) is 7.53. The van der Waals surface area contributed by atoms with E-state index >= 15 is 0 Å². The van der Waals surface area contributed by atoms with Crippen molar-refractivity contribution in [1.29, 1.82) is 0 Å². The van der Waals surface area contributed by atoms with Crippen LogP contribution >= 0.6 is 0 Å². The van der Waals surface area contributed by atoms with Crippen LogP contribution in [0.1, 0.15) is 15.9 Å². The van der Waals surface area contributed by atoms with Crippen molar-refractivity contribution in [2.24, 2.45) is 0 Å². The first-order valence-corrected chi connectivity index (χ1v) is 12.7. The number of hydrogen-bond acceptors (Lipinski definition) is 6. The maximum atomic E-state index is 13.1. The lowest BCUT2D eigenvalue weighted by Crippen LogP contribution is -2.48. The van der Waals surface area contributed by atoms with Crippen molar-refractivity contribution >= 4 is 27.6 Å². The first-order chi connectivity index (χ1) is 16.9. The summed E-state index contributed by atoms with van der Waals surface area (Å²) in [5.41, 5.74) is 2.53. The fourth-order valence-electron chi connectivity index (χ4n) is 3.98. The lowest BCUT2D eigenvalue weighted by atomic mass is 10.1. The van der Waals surface area contributed by atoms with Gasteiger partial charge in [-0.3, -0.25) is 4.79 Å². The van der Waals surface area contributed by atoms with Gasteiger partial charge >= 0.3 is 0 Å². The van der Waals surface area contributed by atoms with Gasteiger partial charge in [0.25, 0.3) is 0 Å². The van der Waals surface area contributed by atoms with E-state index in [9.17, 15) is 13.2 Å². The summed E-state index contributed by atoms with van der Waals surface area (Å²) in [5.74, 6) is 0.792. The Morgan fingerprint density at radius 1 is 0.829 bits per heavy atom. The average molecular weight is 493 g/mol. The van der Waals surface area contributed by atoms with Gasteiger partial charge in [-0.1, -0.05) is 36.4 Å². The normalized spacial score (nSPS) is 14.7. The average Bonchev–Trinajstić information content (AvgIpc) is 2.92. The molecule has 0 aromatic heterocycles. The van der Waals surface area contributed by atoms with Gasteiger partial charge in [0.2, 0.25) is 10.0 Å². The van der Waals surface area contributed by atoms with E-state index in [0.29, 0.717) is 43.2 Å². The number of carbonyl (C=O) groups is 1. The van der Waals surface area contributed by atoms with Crippen molar-refractivity contribution in [1.82, 2.24) is 4.31 Å². The predicted molar refractivity (Wildman–Crippen MR) is 137 cm³/mol. The molecule has 1 aliphatic heterocycles. The number of allylic oxidation sites excluding steroid dienone is 1. The van der Waals surface area contributed by atoms with Crippen molar-refractivity contribution in [2.45, 2.75) is 4.90 Å². The first kappa shape index (κ1) is 24.5. The number of ketones is 1. The fourth-order valence-corrected chi connectivity index (χ4v) is 5.42. The minimum atomic E-state index is -3.65. The second-order valence-electron chi connectivity index (χ2n) is 8.06. The molecule has 0 radical (unpaired) electrons. The van der Waals surface area contributed by atoms with E-state index in [4.69, 9.17) is 9.47 Å². The van der Waals surface area contributed by atoms with E-state index in [1.807, 2.05) is 42.5 Å². The number of nitrogens with zero attached hydrogens (tertiary/aromatic N) is 2. The number of benzene rings is 3. The highest BCUT2D eigenvalue weighted by Gasteiger charge is 2.29. The molecule has 0 atom stereocenters. The van der Waals surface area contributed by atoms with Gasteiger partial charge < -0.3 is 14.4 Å². The van der Waals surface area contributed by atoms with E-state index in [1.165, 1.54) is 30.7 Å². The van der Waals surface area contributed by atoms with Gasteiger partial charge in [0, 0.05) is 43.5 Å². The van der Waals surface area contributed by atoms with Crippen LogP contribution in [0.2, 0.25) is 0 Å². The van der Waals surface area contributed by atoms with Crippen LogP contribution in [0.25, 0.3) is 6.08 Å². The third-order valence-electron chi connectivity index (χ3n) is 5.98. The van der Waals surface area contributed by atoms with E-state index in [0.717, 1.165) is 11.3 Å². The highest BCUT2D eigenvalue weighted by Crippen LogP contribution is 2.31. The van der Waals surface area contributed by atoms with Crippen LogP contribution in [-0.4, -0.2) is 58.9 Å². The van der Waals surface area contributed by atoms with Crippen LogP contribution in [-0.2, 0) is 10.0 Å². The number of hydrogen-bond donors (Lipinski definition) is 0. The Bertz CT molecular complexity index is 1300. The second kappa shape index (κ2) is 10.8. The molecular formula is C27H28N2O5S. The summed E-state index contributed by atoms with van der Waals surface area (Å²) in [6.45, 7) is 1.82. The van der Waals surface area contributed by atoms with Crippen LogP contribution in [0.3, 0.4) is 0 Å². The van der Waals surface area contributed by atoms with E-state index in [2.05, 4.69) is 4.90 Å². The predicted octanol–water partition coefficient (Wildman–Crippen LogP) is 4.11. The molecule has 35 heavy (non-hydrogen) atoms. The monoisotopic (exact) mass is 492 g/mol. The Labute approximate surface area is 206 Å². The number of ether oxygens (including phenoxy) is 2. The summed E-state index contributed by atoms with van der Waals surface area (Å²) >= 11 is 0. The van der Waals surface area contributed by atoms with Crippen LogP contribution in [0.5, 0.6) is 11.5 Å². The summed E-state index contributed by atoms with van der Waals surface area (Å²) in [5, 5.41) is 0. The molecule has 1 saturated heterocycles. The van der Waals surface area contributed by atoms with E-state index in [1.54, 1.807) is 30.4 Å². The van der Waals surface area contributed by atoms with Crippen LogP contribution < -0.4 is 14.4 Å². The molecule has 0 bridgehead atoms. The van der Waals surface area contributed by atoms with Crippen molar-refractivity contribution in [3.05, 3.63) is 90.0 Å². The molecule has 0 aliphatic carbocycles. The second-order valence-corrected chi connectivity index (χ2v) is 10.0. The number of sulfonamides is 1. The van der Waals surface area contributed by atoms with Crippen molar-refractivity contribution in [2.75, 3.05) is 45.3 Å². The van der Waals surface area contributed by atoms with Crippen LogP contribution in [0.15, 0.2) is 83.8 Å². The van der Waals surface area contributed by atoms with E-state index < -0.39 is 10.0 Å². The molecule has 1 fully saturated rings. The van der Waals surface area contributed by atoms with Crippen molar-refractivity contribution < 1.29 is 22.7 Å². The van der Waals surface area contributed by atoms with Gasteiger partial charge in [0.05, 0.1) is 19.1 Å². The SMILES string of the molecule is COc1ccc(S(=O)(=O)N2CCN(c3ccc(C(=O)/C=C/c4ccccc4)cc3)CC2)cc1OC. The molecule has 0 spiro atoms. The largest absolute Gasteiger partial charge is 0.493 e. The lowest BCUT2D eigenvalue weighted by Gasteiger charge is -2.35. The number of rotatable bonds is 8. The summed E-state index contributed by atoms with van der Waals surface area (Å²) < 4.78 is 38.2. The quantitative estimate of drug-likeness (QED) is 0.348. The highest BCUT2D eigenvalue weighted by molar-refractivity contribution is 7.89. The molecule has 0 saturated carbocycles. The molecular weight excluding hydrogens is 464 g/mol. The zero-order valence-corrected chi connectivity index (χ0v) is 20.6. The van der Waals surface area contributed by atoms with Crippen molar-refractivity contribution in [3.63, 3.8) is 0 Å². The van der Waals surface area contributed by atoms with Gasteiger partial charge in [0.1, 0.15) is 0 Å². The highest BCUT2D eigenvalue weighted by atomic mass is 32.2. The Morgan fingerprint density at radius 2 is 1.49 bits per heavy atom. The van der Waals surface area contributed by atoms with Gasteiger partial charge in [-0.15, -0.1) is 0 Å². The van der Waals surface area contributed by atoms with Gasteiger partial charge in [0.15, 0.2) is 17.3 Å². The molecule has 182 valence electrons. The molecule has 1 aliphatic rings. The Hall–Kier alpha value is -3.62. The maximum Gasteiger partial charge on any atom is 0.243 e. The minimum absolute atomic E-state index is 0.0637. The zero-order valence-electron chi connectivity index (χ0n) is 19.8. The maximum absolute atomic E-state index is 13.1. The zero-order chi connectivity index (χ0) is 24.8. The summed E-state index contributed by atoms with van der Waals surface area (Å²) in [4.78, 5) is 14.8. The van der Waals surface area contributed by atoms with Crippen molar-refractivity contribution in [3.8, 4) is 11.5 Å². The third kappa shape index (κ3) is 5.55. The molecule has 1 heterocycles. The first-order valence-electron chi connectivity index (χ1n) is 11.3. The molecule has 7 nitrogen and oxygen atoms in total. The number of piperazine rings is 1. The molecule has 3 aromatic rings. The lowest BCUT2D eigenvalue weighted by molar-refractivity contribution is 0.104. The Morgan fingerprint density at radius 3 is 2.11 bits per heavy atom. The fraction of sp³-hybridized carbons (Fsp3) is 0.222.